The average molecular weight is 513 g/mol. The van der Waals surface area contributed by atoms with E-state index >= 15 is 0 Å². The topological polar surface area (TPSA) is 120 Å². The first-order valence-electron chi connectivity index (χ1n) is 13.1. The number of ketones is 1. The number of carbonyl (C=O) groups is 3. The van der Waals surface area contributed by atoms with Gasteiger partial charge in [0.25, 0.3) is 0 Å². The highest BCUT2D eigenvalue weighted by molar-refractivity contribution is 5.88. The molecule has 8 heteroatoms. The lowest BCUT2D eigenvalue weighted by Crippen LogP contribution is -2.50. The summed E-state index contributed by atoms with van der Waals surface area (Å²) in [6, 6.07) is 10.3. The summed E-state index contributed by atoms with van der Waals surface area (Å²) >= 11 is 0. The molecule has 2 aromatic rings. The number of hydrogen-bond donors (Lipinski definition) is 4. The molecular weight excluding hydrogens is 468 g/mol. The average Bonchev–Trinajstić information content (AvgIpc) is 2.86. The van der Waals surface area contributed by atoms with Crippen molar-refractivity contribution in [2.24, 2.45) is 5.92 Å². The number of aromatic nitrogens is 1. The molecule has 204 valence electrons. The molecule has 1 heterocycles. The summed E-state index contributed by atoms with van der Waals surface area (Å²) < 4.78 is 0. The van der Waals surface area contributed by atoms with Crippen molar-refractivity contribution >= 4 is 17.6 Å². The number of phenols is 1. The predicted molar refractivity (Wildman–Crippen MR) is 147 cm³/mol. The molecule has 0 saturated heterocycles. The lowest BCUT2D eigenvalue weighted by atomic mass is 10.0. The third-order valence-electron chi connectivity index (χ3n) is 5.59. The molecule has 2 amide bonds. The lowest BCUT2D eigenvalue weighted by Gasteiger charge is -2.19. The number of unbranched alkanes of at least 4 members (excludes halogenated alkanes) is 2. The summed E-state index contributed by atoms with van der Waals surface area (Å²) in [5.41, 5.74) is 2.10. The second-order valence-electron chi connectivity index (χ2n) is 9.77. The van der Waals surface area contributed by atoms with Gasteiger partial charge in [-0.3, -0.25) is 19.4 Å². The molecule has 0 bridgehead atoms. The predicted octanol–water partition coefficient (Wildman–Crippen LogP) is 3.71. The van der Waals surface area contributed by atoms with Gasteiger partial charge in [0.05, 0.1) is 6.54 Å². The molecule has 1 aromatic heterocycles. The van der Waals surface area contributed by atoms with E-state index in [1.165, 1.54) is 5.56 Å². The van der Waals surface area contributed by atoms with Gasteiger partial charge in [-0.2, -0.15) is 0 Å². The number of carbonyl (C=O) groups excluding carboxylic acids is 3. The fraction of sp³-hybridized carbons (Fsp3) is 0.517. The molecule has 37 heavy (non-hydrogen) atoms. The van der Waals surface area contributed by atoms with Gasteiger partial charge in [0.1, 0.15) is 17.6 Å². The van der Waals surface area contributed by atoms with Crippen LogP contribution in [0.4, 0.5) is 0 Å². The van der Waals surface area contributed by atoms with Crippen LogP contribution in [-0.4, -0.2) is 52.9 Å². The Morgan fingerprint density at radius 1 is 0.919 bits per heavy atom. The van der Waals surface area contributed by atoms with E-state index in [4.69, 9.17) is 5.11 Å². The van der Waals surface area contributed by atoms with Crippen molar-refractivity contribution in [2.45, 2.75) is 78.8 Å². The van der Waals surface area contributed by atoms with Crippen LogP contribution in [0, 0.1) is 12.8 Å². The third kappa shape index (κ3) is 15.5. The van der Waals surface area contributed by atoms with Gasteiger partial charge in [0.2, 0.25) is 11.8 Å². The van der Waals surface area contributed by atoms with Crippen LogP contribution in [0.1, 0.15) is 64.5 Å². The number of nitrogens with zero attached hydrogens (tertiary/aromatic N) is 1. The Balaban J connectivity index is 0.000000722. The Bertz CT molecular complexity index is 910. The highest BCUT2D eigenvalue weighted by Crippen LogP contribution is 2.08. The first kappa shape index (κ1) is 31.8. The van der Waals surface area contributed by atoms with E-state index in [0.717, 1.165) is 24.8 Å². The molecule has 1 atom stereocenters. The SMILES string of the molecule is CC(C)NCC(=O)NC(Cc1ccncc1)C(=O)NCCCCCC(=O)C(C)C.Cc1ccc(O)cc1. The molecule has 2 rings (SSSR count). The molecule has 0 saturated carbocycles. The van der Waals surface area contributed by atoms with Crippen molar-refractivity contribution in [3.05, 3.63) is 59.9 Å². The number of nitrogens with one attached hydrogen (secondary N) is 3. The maximum absolute atomic E-state index is 12.6. The zero-order valence-corrected chi connectivity index (χ0v) is 22.9. The largest absolute Gasteiger partial charge is 0.508 e. The molecule has 0 aliphatic heterocycles. The number of pyridine rings is 1. The van der Waals surface area contributed by atoms with Gasteiger partial charge in [-0.25, -0.2) is 0 Å². The Labute approximate surface area is 221 Å². The summed E-state index contributed by atoms with van der Waals surface area (Å²) in [5.74, 6) is 0.287. The molecule has 0 aliphatic carbocycles. The monoisotopic (exact) mass is 512 g/mol. The molecule has 1 aromatic carbocycles. The van der Waals surface area contributed by atoms with Crippen molar-refractivity contribution in [3.63, 3.8) is 0 Å². The van der Waals surface area contributed by atoms with Crippen molar-refractivity contribution in [2.75, 3.05) is 13.1 Å². The lowest BCUT2D eigenvalue weighted by molar-refractivity contribution is -0.128. The Morgan fingerprint density at radius 3 is 2.14 bits per heavy atom. The van der Waals surface area contributed by atoms with Gasteiger partial charge < -0.3 is 21.1 Å². The first-order chi connectivity index (χ1) is 17.6. The molecule has 0 aliphatic rings. The van der Waals surface area contributed by atoms with Gasteiger partial charge in [0, 0.05) is 43.7 Å². The standard InChI is InChI=1S/C22H36N4O3.C7H8O/c1-16(2)20(27)8-6-5-7-11-24-22(29)19(14-18-9-12-23-13-10-18)26-21(28)15-25-17(3)4;1-6-2-4-7(8)5-3-6/h9-10,12-13,16-17,19,25H,5-8,11,14-15H2,1-4H3,(H,24,29)(H,26,28);2-5,8H,1H3. The maximum Gasteiger partial charge on any atom is 0.242 e. The van der Waals surface area contributed by atoms with Gasteiger partial charge >= 0.3 is 0 Å². The van der Waals surface area contributed by atoms with Crippen LogP contribution in [0.15, 0.2) is 48.8 Å². The van der Waals surface area contributed by atoms with E-state index in [2.05, 4.69) is 20.9 Å². The van der Waals surface area contributed by atoms with E-state index in [1.54, 1.807) is 24.5 Å². The fourth-order valence-corrected chi connectivity index (χ4v) is 3.28. The van der Waals surface area contributed by atoms with Crippen LogP contribution in [0.2, 0.25) is 0 Å². The fourth-order valence-electron chi connectivity index (χ4n) is 3.28. The van der Waals surface area contributed by atoms with Crippen LogP contribution >= 0.6 is 0 Å². The number of benzene rings is 1. The van der Waals surface area contributed by atoms with Crippen LogP contribution in [0.3, 0.4) is 0 Å². The number of phenolic OH excluding ortho intramolecular Hbond substituents is 1. The quantitative estimate of drug-likeness (QED) is 0.287. The molecule has 1 unspecified atom stereocenters. The van der Waals surface area contributed by atoms with Gasteiger partial charge in [-0.1, -0.05) is 51.8 Å². The summed E-state index contributed by atoms with van der Waals surface area (Å²) in [6.07, 6.45) is 6.88. The van der Waals surface area contributed by atoms with Crippen LogP contribution in [-0.2, 0) is 20.8 Å². The van der Waals surface area contributed by atoms with Gasteiger partial charge in [-0.15, -0.1) is 0 Å². The van der Waals surface area contributed by atoms with Crippen molar-refractivity contribution in [3.8, 4) is 5.75 Å². The number of amides is 2. The minimum Gasteiger partial charge on any atom is -0.508 e. The summed E-state index contributed by atoms with van der Waals surface area (Å²) in [7, 11) is 0. The highest BCUT2D eigenvalue weighted by Gasteiger charge is 2.21. The molecular formula is C29H44N4O4. The number of hydrogen-bond acceptors (Lipinski definition) is 6. The second-order valence-corrected chi connectivity index (χ2v) is 9.77. The minimum atomic E-state index is -0.638. The molecule has 8 nitrogen and oxygen atoms in total. The summed E-state index contributed by atoms with van der Waals surface area (Å²) in [4.78, 5) is 40.4. The summed E-state index contributed by atoms with van der Waals surface area (Å²) in [5, 5.41) is 17.5. The minimum absolute atomic E-state index is 0.0810. The molecule has 0 fully saturated rings. The Morgan fingerprint density at radius 2 is 1.57 bits per heavy atom. The van der Waals surface area contributed by atoms with E-state index in [9.17, 15) is 14.4 Å². The number of rotatable bonds is 14. The maximum atomic E-state index is 12.6. The normalized spacial score (nSPS) is 11.4. The van der Waals surface area contributed by atoms with E-state index in [-0.39, 0.29) is 36.1 Å². The smallest absolute Gasteiger partial charge is 0.242 e. The Hall–Kier alpha value is -3.26. The van der Waals surface area contributed by atoms with Gasteiger partial charge in [0.15, 0.2) is 0 Å². The number of aryl methyl sites for hydroxylation is 1. The van der Waals surface area contributed by atoms with Crippen LogP contribution in [0.25, 0.3) is 0 Å². The zero-order valence-electron chi connectivity index (χ0n) is 22.9. The van der Waals surface area contributed by atoms with Crippen LogP contribution < -0.4 is 16.0 Å². The third-order valence-corrected chi connectivity index (χ3v) is 5.59. The zero-order chi connectivity index (χ0) is 27.6. The number of Topliss-reactive ketones (excluding diaryl/α,β-unsaturated/α-hetero) is 1. The van der Waals surface area contributed by atoms with Gasteiger partial charge in [-0.05, 0) is 49.6 Å². The van der Waals surface area contributed by atoms with Crippen LogP contribution in [0.5, 0.6) is 5.75 Å². The summed E-state index contributed by atoms with van der Waals surface area (Å²) in [6.45, 7) is 10.4. The van der Waals surface area contributed by atoms with E-state index in [0.29, 0.717) is 25.1 Å². The number of aromatic hydroxyl groups is 1. The van der Waals surface area contributed by atoms with E-state index < -0.39 is 6.04 Å². The molecule has 0 spiro atoms. The van der Waals surface area contributed by atoms with E-state index in [1.807, 2.05) is 58.9 Å². The second kappa shape index (κ2) is 18.1. The highest BCUT2D eigenvalue weighted by atomic mass is 16.3. The van der Waals surface area contributed by atoms with Crippen molar-refractivity contribution in [1.82, 2.24) is 20.9 Å². The molecule has 0 radical (unpaired) electrons. The molecule has 4 N–H and O–H groups in total. The first-order valence-corrected chi connectivity index (χ1v) is 13.1. The van der Waals surface area contributed by atoms with Crippen molar-refractivity contribution in [1.29, 1.82) is 0 Å². The Kier molecular flexibility index (Phi) is 15.5. The van der Waals surface area contributed by atoms with Crippen molar-refractivity contribution < 1.29 is 19.5 Å².